The van der Waals surface area contributed by atoms with Gasteiger partial charge in [0.05, 0.1) is 5.70 Å². The highest BCUT2D eigenvalue weighted by Crippen LogP contribution is 2.12. The smallest absolute Gasteiger partial charge is 0.264 e. The van der Waals surface area contributed by atoms with Gasteiger partial charge < -0.3 is 10.6 Å². The van der Waals surface area contributed by atoms with Crippen LogP contribution in [0.2, 0.25) is 0 Å². The molecule has 0 unspecified atom stereocenters. The van der Waals surface area contributed by atoms with Crippen LogP contribution in [0.1, 0.15) is 19.3 Å². The van der Waals surface area contributed by atoms with Crippen LogP contribution in [0.4, 0.5) is 0 Å². The van der Waals surface area contributed by atoms with E-state index in [-0.39, 0.29) is 0 Å². The quantitative estimate of drug-likeness (QED) is 0.588. The Morgan fingerprint density at radius 1 is 1.27 bits per heavy atom. The van der Waals surface area contributed by atoms with Gasteiger partial charge in [0.15, 0.2) is 0 Å². The van der Waals surface area contributed by atoms with E-state index < -0.39 is 5.91 Å². The lowest BCUT2D eigenvalue weighted by molar-refractivity contribution is -0.116. The van der Waals surface area contributed by atoms with E-state index in [9.17, 15) is 4.79 Å². The lowest BCUT2D eigenvalue weighted by Crippen LogP contribution is -2.34. The van der Waals surface area contributed by atoms with Crippen LogP contribution in [0.5, 0.6) is 0 Å². The molecule has 1 amide bonds. The Kier molecular flexibility index (Phi) is 2.52. The highest BCUT2D eigenvalue weighted by molar-refractivity contribution is 5.90. The molecule has 0 bridgehead atoms. The molecule has 0 atom stereocenters. The number of amides is 1. The largest absolute Gasteiger partial charge is 0.368 e. The van der Waals surface area contributed by atoms with Crippen LogP contribution in [-0.4, -0.2) is 23.9 Å². The van der Waals surface area contributed by atoms with Crippen molar-refractivity contribution >= 4 is 5.91 Å². The highest BCUT2D eigenvalue weighted by atomic mass is 16.1. The molecule has 3 nitrogen and oxygen atoms in total. The third-order valence-electron chi connectivity index (χ3n) is 2.02. The zero-order chi connectivity index (χ0) is 8.27. The zero-order valence-electron chi connectivity index (χ0n) is 6.68. The summed E-state index contributed by atoms with van der Waals surface area (Å²) in [6.07, 6.45) is 3.54. The zero-order valence-corrected chi connectivity index (χ0v) is 6.68. The first-order chi connectivity index (χ1) is 5.22. The predicted molar refractivity (Wildman–Crippen MR) is 43.8 cm³/mol. The molecule has 0 aromatic carbocycles. The third kappa shape index (κ3) is 1.97. The molecule has 1 aliphatic heterocycles. The number of carbonyl (C=O) groups excluding carboxylic acids is 1. The summed E-state index contributed by atoms with van der Waals surface area (Å²) in [6, 6.07) is 0. The van der Waals surface area contributed by atoms with Gasteiger partial charge in [0, 0.05) is 13.1 Å². The maximum atomic E-state index is 10.7. The van der Waals surface area contributed by atoms with Crippen LogP contribution < -0.4 is 5.73 Å². The van der Waals surface area contributed by atoms with Gasteiger partial charge in [-0.05, 0) is 19.3 Å². The van der Waals surface area contributed by atoms with Crippen LogP contribution in [0.15, 0.2) is 12.3 Å². The van der Waals surface area contributed by atoms with Gasteiger partial charge in [-0.1, -0.05) is 6.58 Å². The fourth-order valence-electron chi connectivity index (χ4n) is 1.32. The van der Waals surface area contributed by atoms with E-state index in [4.69, 9.17) is 5.73 Å². The molecular formula is C8H14N2O. The predicted octanol–water partition coefficient (Wildman–Crippen LogP) is 0.471. The van der Waals surface area contributed by atoms with Gasteiger partial charge in [0.25, 0.3) is 5.91 Å². The third-order valence-corrected chi connectivity index (χ3v) is 2.02. The second kappa shape index (κ2) is 3.42. The first-order valence-electron chi connectivity index (χ1n) is 3.95. The summed E-state index contributed by atoms with van der Waals surface area (Å²) in [6.45, 7) is 5.49. The van der Waals surface area contributed by atoms with E-state index in [0.717, 1.165) is 25.9 Å². The molecule has 0 aromatic heterocycles. The SMILES string of the molecule is C=C(C(N)=O)N1CCCCC1. The van der Waals surface area contributed by atoms with Gasteiger partial charge >= 0.3 is 0 Å². The van der Waals surface area contributed by atoms with Crippen molar-refractivity contribution in [2.75, 3.05) is 13.1 Å². The Labute approximate surface area is 66.9 Å². The lowest BCUT2D eigenvalue weighted by Gasteiger charge is -2.28. The summed E-state index contributed by atoms with van der Waals surface area (Å²) in [5, 5.41) is 0. The van der Waals surface area contributed by atoms with E-state index in [0.29, 0.717) is 5.70 Å². The summed E-state index contributed by atoms with van der Waals surface area (Å²) in [5.41, 5.74) is 5.55. The van der Waals surface area contributed by atoms with Crippen molar-refractivity contribution in [2.45, 2.75) is 19.3 Å². The summed E-state index contributed by atoms with van der Waals surface area (Å²) in [4.78, 5) is 12.6. The second-order valence-corrected chi connectivity index (χ2v) is 2.86. The molecule has 0 spiro atoms. The molecule has 1 fully saturated rings. The topological polar surface area (TPSA) is 46.3 Å². The van der Waals surface area contributed by atoms with Crippen molar-refractivity contribution in [1.82, 2.24) is 4.90 Å². The van der Waals surface area contributed by atoms with Crippen LogP contribution in [0.25, 0.3) is 0 Å². The number of piperidine rings is 1. The van der Waals surface area contributed by atoms with Crippen molar-refractivity contribution in [3.8, 4) is 0 Å². The molecule has 1 heterocycles. The molecule has 0 radical (unpaired) electrons. The number of hydrogen-bond donors (Lipinski definition) is 1. The molecule has 2 N–H and O–H groups in total. The number of rotatable bonds is 2. The molecule has 0 saturated carbocycles. The number of nitrogens with zero attached hydrogens (tertiary/aromatic N) is 1. The minimum Gasteiger partial charge on any atom is -0.368 e. The second-order valence-electron chi connectivity index (χ2n) is 2.86. The van der Waals surface area contributed by atoms with Gasteiger partial charge in [-0.2, -0.15) is 0 Å². The number of likely N-dealkylation sites (tertiary alicyclic amines) is 1. The van der Waals surface area contributed by atoms with Crippen molar-refractivity contribution < 1.29 is 4.79 Å². The Morgan fingerprint density at radius 3 is 2.27 bits per heavy atom. The average molecular weight is 154 g/mol. The van der Waals surface area contributed by atoms with Crippen LogP contribution in [0.3, 0.4) is 0 Å². The van der Waals surface area contributed by atoms with E-state index >= 15 is 0 Å². The van der Waals surface area contributed by atoms with E-state index in [1.165, 1.54) is 6.42 Å². The molecule has 3 heteroatoms. The fourth-order valence-corrected chi connectivity index (χ4v) is 1.32. The van der Waals surface area contributed by atoms with Crippen molar-refractivity contribution in [3.05, 3.63) is 12.3 Å². The van der Waals surface area contributed by atoms with Gasteiger partial charge in [0.1, 0.15) is 0 Å². The van der Waals surface area contributed by atoms with Gasteiger partial charge in [-0.3, -0.25) is 4.79 Å². The first kappa shape index (κ1) is 8.11. The molecule has 11 heavy (non-hydrogen) atoms. The number of nitrogens with two attached hydrogens (primary N) is 1. The summed E-state index contributed by atoms with van der Waals surface area (Å²) >= 11 is 0. The van der Waals surface area contributed by atoms with Crippen LogP contribution >= 0.6 is 0 Å². The summed E-state index contributed by atoms with van der Waals surface area (Å²) < 4.78 is 0. The van der Waals surface area contributed by atoms with E-state index in [1.807, 2.05) is 4.90 Å². The minimum atomic E-state index is -0.396. The molecule has 1 rings (SSSR count). The Hall–Kier alpha value is -0.990. The minimum absolute atomic E-state index is 0.396. The molecule has 0 aliphatic carbocycles. The van der Waals surface area contributed by atoms with Crippen LogP contribution in [0, 0.1) is 0 Å². The van der Waals surface area contributed by atoms with Crippen molar-refractivity contribution in [3.63, 3.8) is 0 Å². The molecule has 1 aliphatic rings. The molecular weight excluding hydrogens is 140 g/mol. The maximum absolute atomic E-state index is 10.7. The van der Waals surface area contributed by atoms with Gasteiger partial charge in [0.2, 0.25) is 0 Å². The van der Waals surface area contributed by atoms with E-state index in [1.54, 1.807) is 0 Å². The lowest BCUT2D eigenvalue weighted by atomic mass is 10.1. The van der Waals surface area contributed by atoms with Gasteiger partial charge in [-0.25, -0.2) is 0 Å². The monoisotopic (exact) mass is 154 g/mol. The number of primary amides is 1. The van der Waals surface area contributed by atoms with Crippen LogP contribution in [-0.2, 0) is 4.79 Å². The summed E-state index contributed by atoms with van der Waals surface area (Å²) in [7, 11) is 0. The summed E-state index contributed by atoms with van der Waals surface area (Å²) in [5.74, 6) is -0.396. The maximum Gasteiger partial charge on any atom is 0.264 e. The Balaban J connectivity index is 2.45. The Bertz CT molecular complexity index is 171. The van der Waals surface area contributed by atoms with Gasteiger partial charge in [-0.15, -0.1) is 0 Å². The number of carbonyl (C=O) groups is 1. The first-order valence-corrected chi connectivity index (χ1v) is 3.95. The molecule has 0 aromatic rings. The molecule has 62 valence electrons. The standard InChI is InChI=1S/C8H14N2O/c1-7(8(9)11)10-5-3-2-4-6-10/h1-6H2,(H2,9,11). The Morgan fingerprint density at radius 2 is 1.82 bits per heavy atom. The van der Waals surface area contributed by atoms with Crippen molar-refractivity contribution in [2.24, 2.45) is 5.73 Å². The van der Waals surface area contributed by atoms with Crippen molar-refractivity contribution in [1.29, 1.82) is 0 Å². The number of hydrogen-bond acceptors (Lipinski definition) is 2. The normalized spacial score (nSPS) is 18.0. The van der Waals surface area contributed by atoms with E-state index in [2.05, 4.69) is 6.58 Å². The fraction of sp³-hybridized carbons (Fsp3) is 0.625. The average Bonchev–Trinajstić information content (AvgIpc) is 2.05. The highest BCUT2D eigenvalue weighted by Gasteiger charge is 2.14. The molecule has 1 saturated heterocycles.